The molecule has 3 rings (SSSR count). The molecule has 1 saturated heterocycles. The van der Waals surface area contributed by atoms with Crippen LogP contribution in [0.4, 0.5) is 10.5 Å². The summed E-state index contributed by atoms with van der Waals surface area (Å²) in [6, 6.07) is 17.1. The Morgan fingerprint density at radius 2 is 1.86 bits per heavy atom. The Kier molecular flexibility index (Phi) is 6.51. The average Bonchev–Trinajstić information content (AvgIpc) is 2.68. The summed E-state index contributed by atoms with van der Waals surface area (Å²) in [6.07, 6.45) is 0.433. The van der Waals surface area contributed by atoms with Crippen molar-refractivity contribution < 1.29 is 14.3 Å². The molecule has 0 spiro atoms. The second kappa shape index (κ2) is 9.25. The summed E-state index contributed by atoms with van der Waals surface area (Å²) in [6.45, 7) is 5.43. The Hall–Kier alpha value is -3.04. The van der Waals surface area contributed by atoms with Gasteiger partial charge in [-0.1, -0.05) is 30.3 Å². The molecule has 1 N–H and O–H groups in total. The molecule has 1 aliphatic heterocycles. The Bertz CT molecular complexity index is 835. The van der Waals surface area contributed by atoms with Crippen LogP contribution in [0, 0.1) is 11.3 Å². The van der Waals surface area contributed by atoms with Crippen molar-refractivity contribution in [3.05, 3.63) is 59.7 Å². The molecule has 1 aliphatic rings. The molecule has 146 valence electrons. The topological polar surface area (TPSA) is 74.6 Å². The Morgan fingerprint density at radius 3 is 2.54 bits per heavy atom. The van der Waals surface area contributed by atoms with E-state index in [0.717, 1.165) is 22.6 Å². The predicted molar refractivity (Wildman–Crippen MR) is 107 cm³/mol. The number of amides is 2. The van der Waals surface area contributed by atoms with E-state index in [-0.39, 0.29) is 18.2 Å². The maximum Gasteiger partial charge on any atom is 0.322 e. The molecule has 28 heavy (non-hydrogen) atoms. The fourth-order valence-electron chi connectivity index (χ4n) is 3.26. The SMILES string of the molecule is CC1CN(C(=O)Nc2ccccc2COc2ccc(CC#N)cc2)CC(C)O1. The highest BCUT2D eigenvalue weighted by Gasteiger charge is 2.26. The predicted octanol–water partition coefficient (Wildman–Crippen LogP) is 3.97. The van der Waals surface area contributed by atoms with E-state index in [1.807, 2.05) is 62.4 Å². The minimum atomic E-state index is -0.129. The lowest BCUT2D eigenvalue weighted by Crippen LogP contribution is -2.49. The number of ether oxygens (including phenoxy) is 2. The lowest BCUT2D eigenvalue weighted by molar-refractivity contribution is -0.0530. The normalized spacial score (nSPS) is 19.0. The van der Waals surface area contributed by atoms with Crippen molar-refractivity contribution in [3.63, 3.8) is 0 Å². The van der Waals surface area contributed by atoms with E-state index in [9.17, 15) is 4.79 Å². The molecule has 0 aromatic heterocycles. The van der Waals surface area contributed by atoms with Crippen LogP contribution < -0.4 is 10.1 Å². The third kappa shape index (κ3) is 5.24. The van der Waals surface area contributed by atoms with Crippen LogP contribution in [-0.2, 0) is 17.8 Å². The van der Waals surface area contributed by atoms with Crippen molar-refractivity contribution >= 4 is 11.7 Å². The van der Waals surface area contributed by atoms with Gasteiger partial charge in [0.05, 0.1) is 24.7 Å². The number of hydrogen-bond acceptors (Lipinski definition) is 4. The molecule has 2 aromatic carbocycles. The van der Waals surface area contributed by atoms with Crippen LogP contribution in [0.25, 0.3) is 0 Å². The number of anilines is 1. The third-order valence-electron chi connectivity index (χ3n) is 4.57. The zero-order valence-electron chi connectivity index (χ0n) is 16.2. The molecule has 0 saturated carbocycles. The van der Waals surface area contributed by atoms with Gasteiger partial charge in [-0.05, 0) is 37.6 Å². The van der Waals surface area contributed by atoms with E-state index in [1.165, 1.54) is 0 Å². The van der Waals surface area contributed by atoms with Gasteiger partial charge in [-0.3, -0.25) is 0 Å². The Balaban J connectivity index is 1.62. The number of nitrogens with one attached hydrogen (secondary N) is 1. The highest BCUT2D eigenvalue weighted by atomic mass is 16.5. The quantitative estimate of drug-likeness (QED) is 0.853. The molecule has 0 bridgehead atoms. The highest BCUT2D eigenvalue weighted by molar-refractivity contribution is 5.90. The van der Waals surface area contributed by atoms with Crippen LogP contribution in [-0.4, -0.2) is 36.2 Å². The molecule has 2 atom stereocenters. The van der Waals surface area contributed by atoms with Gasteiger partial charge in [-0.2, -0.15) is 5.26 Å². The first-order valence-corrected chi connectivity index (χ1v) is 9.43. The molecule has 6 heteroatoms. The van der Waals surface area contributed by atoms with Crippen molar-refractivity contribution in [3.8, 4) is 11.8 Å². The molecule has 2 amide bonds. The van der Waals surface area contributed by atoms with Crippen molar-refractivity contribution in [2.45, 2.75) is 39.1 Å². The summed E-state index contributed by atoms with van der Waals surface area (Å²) in [5.41, 5.74) is 2.59. The number of para-hydroxylation sites is 1. The number of nitrogens with zero attached hydrogens (tertiary/aromatic N) is 2. The number of nitriles is 1. The fraction of sp³-hybridized carbons (Fsp3) is 0.364. The van der Waals surface area contributed by atoms with E-state index in [4.69, 9.17) is 14.7 Å². The minimum absolute atomic E-state index is 0.0251. The lowest BCUT2D eigenvalue weighted by Gasteiger charge is -2.35. The van der Waals surface area contributed by atoms with Crippen molar-refractivity contribution in [2.75, 3.05) is 18.4 Å². The number of rotatable bonds is 5. The van der Waals surface area contributed by atoms with Gasteiger partial charge in [0.2, 0.25) is 0 Å². The number of benzene rings is 2. The first-order valence-electron chi connectivity index (χ1n) is 9.43. The zero-order valence-corrected chi connectivity index (χ0v) is 16.2. The summed E-state index contributed by atoms with van der Waals surface area (Å²) in [5, 5.41) is 11.7. The summed E-state index contributed by atoms with van der Waals surface area (Å²) in [7, 11) is 0. The van der Waals surface area contributed by atoms with E-state index in [1.54, 1.807) is 4.90 Å². The molecule has 1 fully saturated rings. The van der Waals surface area contributed by atoms with Crippen LogP contribution in [0.15, 0.2) is 48.5 Å². The van der Waals surface area contributed by atoms with Gasteiger partial charge in [0, 0.05) is 24.3 Å². The van der Waals surface area contributed by atoms with Crippen molar-refractivity contribution in [1.29, 1.82) is 5.26 Å². The largest absolute Gasteiger partial charge is 0.489 e. The van der Waals surface area contributed by atoms with Gasteiger partial charge >= 0.3 is 6.03 Å². The second-order valence-corrected chi connectivity index (χ2v) is 7.02. The van der Waals surface area contributed by atoms with Crippen LogP contribution in [0.3, 0.4) is 0 Å². The molecule has 0 aliphatic carbocycles. The maximum atomic E-state index is 12.7. The van der Waals surface area contributed by atoms with E-state index < -0.39 is 0 Å². The highest BCUT2D eigenvalue weighted by Crippen LogP contribution is 2.20. The summed E-state index contributed by atoms with van der Waals surface area (Å²) >= 11 is 0. The molecule has 2 aromatic rings. The average molecular weight is 379 g/mol. The van der Waals surface area contributed by atoms with Gasteiger partial charge < -0.3 is 19.7 Å². The smallest absolute Gasteiger partial charge is 0.322 e. The van der Waals surface area contributed by atoms with Gasteiger partial charge in [0.25, 0.3) is 0 Å². The number of hydrogen-bond donors (Lipinski definition) is 1. The molecule has 0 radical (unpaired) electrons. The fourth-order valence-corrected chi connectivity index (χ4v) is 3.26. The van der Waals surface area contributed by atoms with Gasteiger partial charge in [-0.15, -0.1) is 0 Å². The molecular formula is C22H25N3O3. The minimum Gasteiger partial charge on any atom is -0.489 e. The van der Waals surface area contributed by atoms with E-state index in [0.29, 0.717) is 26.1 Å². The number of carbonyl (C=O) groups is 1. The summed E-state index contributed by atoms with van der Waals surface area (Å²) in [5.74, 6) is 0.721. The molecule has 2 unspecified atom stereocenters. The summed E-state index contributed by atoms with van der Waals surface area (Å²) < 4.78 is 11.6. The van der Waals surface area contributed by atoms with Crippen LogP contribution in [0.1, 0.15) is 25.0 Å². The monoisotopic (exact) mass is 379 g/mol. The standard InChI is InChI=1S/C22H25N3O3/c1-16-13-25(14-17(2)28-16)22(26)24-21-6-4-3-5-19(21)15-27-20-9-7-18(8-10-20)11-12-23/h3-10,16-17H,11,13-15H2,1-2H3,(H,24,26). The van der Waals surface area contributed by atoms with Gasteiger partial charge in [-0.25, -0.2) is 4.79 Å². The van der Waals surface area contributed by atoms with Crippen molar-refractivity contribution in [1.82, 2.24) is 4.90 Å². The molecular weight excluding hydrogens is 354 g/mol. The first-order chi connectivity index (χ1) is 13.5. The maximum absolute atomic E-state index is 12.7. The third-order valence-corrected chi connectivity index (χ3v) is 4.57. The molecule has 1 heterocycles. The summed E-state index contributed by atoms with van der Waals surface area (Å²) in [4.78, 5) is 14.5. The van der Waals surface area contributed by atoms with Crippen LogP contribution in [0.2, 0.25) is 0 Å². The van der Waals surface area contributed by atoms with E-state index in [2.05, 4.69) is 11.4 Å². The van der Waals surface area contributed by atoms with Crippen LogP contribution in [0.5, 0.6) is 5.75 Å². The Labute approximate surface area is 165 Å². The van der Waals surface area contributed by atoms with E-state index >= 15 is 0 Å². The second-order valence-electron chi connectivity index (χ2n) is 7.02. The number of morpholine rings is 1. The zero-order chi connectivity index (χ0) is 19.9. The molecule has 6 nitrogen and oxygen atoms in total. The van der Waals surface area contributed by atoms with Crippen molar-refractivity contribution in [2.24, 2.45) is 0 Å². The first kappa shape index (κ1) is 19.7. The Morgan fingerprint density at radius 1 is 1.18 bits per heavy atom. The van der Waals surface area contributed by atoms with Gasteiger partial charge in [0.15, 0.2) is 0 Å². The number of urea groups is 1. The van der Waals surface area contributed by atoms with Crippen LogP contribution >= 0.6 is 0 Å². The number of carbonyl (C=O) groups excluding carboxylic acids is 1. The lowest BCUT2D eigenvalue weighted by atomic mass is 10.1. The van der Waals surface area contributed by atoms with Gasteiger partial charge in [0.1, 0.15) is 12.4 Å².